The summed E-state index contributed by atoms with van der Waals surface area (Å²) in [5, 5.41) is 6.82. The van der Waals surface area contributed by atoms with Crippen LogP contribution in [0.2, 0.25) is 0 Å². The summed E-state index contributed by atoms with van der Waals surface area (Å²) >= 11 is 0. The second kappa shape index (κ2) is 4.44. The van der Waals surface area contributed by atoms with Crippen molar-refractivity contribution in [3.8, 4) is 0 Å². The van der Waals surface area contributed by atoms with Gasteiger partial charge in [0.05, 0.1) is 0 Å². The van der Waals surface area contributed by atoms with Crippen LogP contribution in [0.15, 0.2) is 12.3 Å². The van der Waals surface area contributed by atoms with Crippen LogP contribution in [0.1, 0.15) is 24.3 Å². The first-order valence-corrected chi connectivity index (χ1v) is 4.92. The minimum Gasteiger partial charge on any atom is -0.350 e. The Balaban J connectivity index is 2.50. The predicted octanol–water partition coefficient (Wildman–Crippen LogP) is 0.135. The minimum atomic E-state index is -0.155. The lowest BCUT2D eigenvalue weighted by Crippen LogP contribution is -2.38. The topological polar surface area (TPSA) is 72.9 Å². The van der Waals surface area contributed by atoms with E-state index in [9.17, 15) is 4.79 Å². The van der Waals surface area contributed by atoms with E-state index in [0.29, 0.717) is 18.8 Å². The molecule has 84 valence electrons. The van der Waals surface area contributed by atoms with E-state index in [4.69, 9.17) is 5.73 Å². The summed E-state index contributed by atoms with van der Waals surface area (Å²) in [5.74, 6) is -0.155. The molecular weight excluding hydrogens is 192 g/mol. The Morgan fingerprint density at radius 3 is 2.80 bits per heavy atom. The van der Waals surface area contributed by atoms with Gasteiger partial charge in [-0.1, -0.05) is 13.8 Å². The molecule has 0 bridgehead atoms. The van der Waals surface area contributed by atoms with Crippen molar-refractivity contribution in [1.29, 1.82) is 0 Å². The summed E-state index contributed by atoms with van der Waals surface area (Å²) in [5.41, 5.74) is 5.92. The number of carbonyl (C=O) groups is 1. The summed E-state index contributed by atoms with van der Waals surface area (Å²) in [6.07, 6.45) is 1.74. The van der Waals surface area contributed by atoms with E-state index < -0.39 is 0 Å². The quantitative estimate of drug-likeness (QED) is 0.742. The van der Waals surface area contributed by atoms with Crippen molar-refractivity contribution in [2.45, 2.75) is 13.8 Å². The van der Waals surface area contributed by atoms with E-state index >= 15 is 0 Å². The van der Waals surface area contributed by atoms with Gasteiger partial charge in [-0.3, -0.25) is 9.48 Å². The lowest BCUT2D eigenvalue weighted by molar-refractivity contribution is 0.0932. The van der Waals surface area contributed by atoms with Gasteiger partial charge in [0, 0.05) is 19.8 Å². The molecule has 0 aliphatic carbocycles. The summed E-state index contributed by atoms with van der Waals surface area (Å²) in [6, 6.07) is 1.69. The number of hydrogen-bond acceptors (Lipinski definition) is 3. The third-order valence-corrected chi connectivity index (χ3v) is 2.23. The summed E-state index contributed by atoms with van der Waals surface area (Å²) in [6.45, 7) is 5.10. The third-order valence-electron chi connectivity index (χ3n) is 2.23. The number of amides is 1. The van der Waals surface area contributed by atoms with E-state index in [1.54, 1.807) is 24.0 Å². The molecule has 5 heteroatoms. The molecule has 1 rings (SSSR count). The smallest absolute Gasteiger partial charge is 0.271 e. The van der Waals surface area contributed by atoms with Crippen LogP contribution in [0.25, 0.3) is 0 Å². The van der Waals surface area contributed by atoms with Gasteiger partial charge in [-0.25, -0.2) is 0 Å². The number of hydrogen-bond donors (Lipinski definition) is 2. The third kappa shape index (κ3) is 3.36. The van der Waals surface area contributed by atoms with E-state index in [2.05, 4.69) is 10.4 Å². The molecule has 0 saturated heterocycles. The van der Waals surface area contributed by atoms with E-state index in [1.807, 2.05) is 13.8 Å². The van der Waals surface area contributed by atoms with Crippen molar-refractivity contribution < 1.29 is 4.79 Å². The van der Waals surface area contributed by atoms with Crippen LogP contribution in [0, 0.1) is 5.41 Å². The van der Waals surface area contributed by atoms with Gasteiger partial charge in [-0.05, 0) is 18.0 Å². The van der Waals surface area contributed by atoms with Crippen molar-refractivity contribution >= 4 is 5.91 Å². The number of aryl methyl sites for hydroxylation is 1. The first-order valence-electron chi connectivity index (χ1n) is 4.92. The molecule has 1 heterocycles. The van der Waals surface area contributed by atoms with Gasteiger partial charge >= 0.3 is 0 Å². The fourth-order valence-electron chi connectivity index (χ4n) is 1.02. The first kappa shape index (κ1) is 11.7. The summed E-state index contributed by atoms with van der Waals surface area (Å²) in [7, 11) is 1.78. The molecule has 0 aliphatic heterocycles. The maximum absolute atomic E-state index is 11.6. The molecule has 0 atom stereocenters. The highest BCUT2D eigenvalue weighted by Gasteiger charge is 2.17. The number of nitrogens with zero attached hydrogens (tertiary/aromatic N) is 2. The van der Waals surface area contributed by atoms with Gasteiger partial charge in [0.2, 0.25) is 0 Å². The van der Waals surface area contributed by atoms with Crippen molar-refractivity contribution in [2.75, 3.05) is 13.1 Å². The van der Waals surface area contributed by atoms with Crippen LogP contribution >= 0.6 is 0 Å². The van der Waals surface area contributed by atoms with Crippen LogP contribution in [0.3, 0.4) is 0 Å². The molecule has 5 nitrogen and oxygen atoms in total. The maximum Gasteiger partial charge on any atom is 0.271 e. The van der Waals surface area contributed by atoms with Crippen LogP contribution in [0.4, 0.5) is 0 Å². The van der Waals surface area contributed by atoms with E-state index in [0.717, 1.165) is 0 Å². The average Bonchev–Trinajstić information content (AvgIpc) is 2.61. The standard InChI is InChI=1S/C10H18N4O/c1-10(2,6-11)7-12-9(15)8-4-5-14(3)13-8/h4-5H,6-7,11H2,1-3H3,(H,12,15). The molecule has 0 saturated carbocycles. The first-order chi connectivity index (χ1) is 6.94. The van der Waals surface area contributed by atoms with Crippen LogP contribution < -0.4 is 11.1 Å². The largest absolute Gasteiger partial charge is 0.350 e. The number of aromatic nitrogens is 2. The lowest BCUT2D eigenvalue weighted by Gasteiger charge is -2.22. The molecule has 3 N–H and O–H groups in total. The van der Waals surface area contributed by atoms with Gasteiger partial charge < -0.3 is 11.1 Å². The van der Waals surface area contributed by atoms with Gasteiger partial charge in [-0.2, -0.15) is 5.10 Å². The average molecular weight is 210 g/mol. The Hall–Kier alpha value is -1.36. The van der Waals surface area contributed by atoms with Crippen molar-refractivity contribution in [2.24, 2.45) is 18.2 Å². The summed E-state index contributed by atoms with van der Waals surface area (Å²) < 4.78 is 1.60. The molecule has 1 amide bonds. The molecular formula is C10H18N4O. The van der Waals surface area contributed by atoms with E-state index in [-0.39, 0.29) is 11.3 Å². The number of rotatable bonds is 4. The van der Waals surface area contributed by atoms with Crippen LogP contribution in [-0.2, 0) is 7.05 Å². The van der Waals surface area contributed by atoms with Gasteiger partial charge in [0.15, 0.2) is 0 Å². The zero-order valence-electron chi connectivity index (χ0n) is 9.45. The van der Waals surface area contributed by atoms with Gasteiger partial charge in [0.1, 0.15) is 5.69 Å². The van der Waals surface area contributed by atoms with Gasteiger partial charge in [0.25, 0.3) is 5.91 Å². The Morgan fingerprint density at radius 1 is 1.67 bits per heavy atom. The molecule has 1 aromatic heterocycles. The minimum absolute atomic E-state index is 0.0789. The molecule has 0 fully saturated rings. The Bertz CT molecular complexity index is 343. The normalized spacial score (nSPS) is 11.5. The molecule has 0 aromatic carbocycles. The molecule has 0 unspecified atom stereocenters. The fourth-order valence-corrected chi connectivity index (χ4v) is 1.02. The summed E-state index contributed by atoms with van der Waals surface area (Å²) in [4.78, 5) is 11.6. The highest BCUT2D eigenvalue weighted by Crippen LogP contribution is 2.10. The second-order valence-corrected chi connectivity index (χ2v) is 4.43. The van der Waals surface area contributed by atoms with E-state index in [1.165, 1.54) is 0 Å². The Morgan fingerprint density at radius 2 is 2.33 bits per heavy atom. The SMILES string of the molecule is Cn1ccc(C(=O)NCC(C)(C)CN)n1. The zero-order valence-corrected chi connectivity index (χ0v) is 9.45. The van der Waals surface area contributed by atoms with Gasteiger partial charge in [-0.15, -0.1) is 0 Å². The van der Waals surface area contributed by atoms with Crippen LogP contribution in [-0.4, -0.2) is 28.8 Å². The maximum atomic E-state index is 11.6. The lowest BCUT2D eigenvalue weighted by atomic mass is 9.94. The Kier molecular flexibility index (Phi) is 3.47. The van der Waals surface area contributed by atoms with Crippen LogP contribution in [0.5, 0.6) is 0 Å². The predicted molar refractivity (Wildman–Crippen MR) is 58.4 cm³/mol. The highest BCUT2D eigenvalue weighted by atomic mass is 16.1. The number of carbonyl (C=O) groups excluding carboxylic acids is 1. The molecule has 15 heavy (non-hydrogen) atoms. The van der Waals surface area contributed by atoms with Crippen molar-refractivity contribution in [3.63, 3.8) is 0 Å². The molecule has 1 aromatic rings. The molecule has 0 aliphatic rings. The molecule has 0 radical (unpaired) electrons. The highest BCUT2D eigenvalue weighted by molar-refractivity contribution is 5.92. The number of nitrogens with one attached hydrogen (secondary N) is 1. The fraction of sp³-hybridized carbons (Fsp3) is 0.600. The number of nitrogens with two attached hydrogens (primary N) is 1. The van der Waals surface area contributed by atoms with Crippen molar-refractivity contribution in [1.82, 2.24) is 15.1 Å². The second-order valence-electron chi connectivity index (χ2n) is 4.43. The zero-order chi connectivity index (χ0) is 11.5. The molecule has 0 spiro atoms. The van der Waals surface area contributed by atoms with Crippen molar-refractivity contribution in [3.05, 3.63) is 18.0 Å². The monoisotopic (exact) mass is 210 g/mol. The Labute approximate surface area is 89.6 Å².